The van der Waals surface area contributed by atoms with Crippen molar-refractivity contribution in [3.63, 3.8) is 0 Å². The number of nitrogens with one attached hydrogen (secondary N) is 1. The molecule has 18 heavy (non-hydrogen) atoms. The molecule has 0 aliphatic heterocycles. The summed E-state index contributed by atoms with van der Waals surface area (Å²) >= 11 is 0. The fraction of sp³-hybridized carbons (Fsp3) is 0.500. The van der Waals surface area contributed by atoms with Gasteiger partial charge in [0, 0.05) is 11.5 Å². The van der Waals surface area contributed by atoms with E-state index in [0.29, 0.717) is 5.56 Å². The molecule has 0 bridgehead atoms. The van der Waals surface area contributed by atoms with Gasteiger partial charge in [0.15, 0.2) is 11.6 Å². The SMILES string of the molecule is COc1c(F)cccc1C(C)(C)NC(=O)C(C)C. The van der Waals surface area contributed by atoms with Gasteiger partial charge in [-0.2, -0.15) is 0 Å². The van der Waals surface area contributed by atoms with Crippen LogP contribution in [0.5, 0.6) is 5.75 Å². The number of benzene rings is 1. The molecule has 4 heteroatoms. The molecule has 1 aromatic carbocycles. The summed E-state index contributed by atoms with van der Waals surface area (Å²) in [6.45, 7) is 7.28. The molecule has 0 saturated carbocycles. The normalized spacial score (nSPS) is 11.5. The standard InChI is InChI=1S/C14H20FNO2/c1-9(2)13(17)16-14(3,4)10-7-6-8-11(15)12(10)18-5/h6-9H,1-5H3,(H,16,17). The summed E-state index contributed by atoms with van der Waals surface area (Å²) in [4.78, 5) is 11.8. The van der Waals surface area contributed by atoms with Crippen LogP contribution in [0.3, 0.4) is 0 Å². The number of carbonyl (C=O) groups excluding carboxylic acids is 1. The van der Waals surface area contributed by atoms with Gasteiger partial charge in [0.2, 0.25) is 5.91 Å². The highest BCUT2D eigenvalue weighted by molar-refractivity contribution is 5.79. The Labute approximate surface area is 107 Å². The van der Waals surface area contributed by atoms with Gasteiger partial charge in [0.05, 0.1) is 12.6 Å². The Hall–Kier alpha value is -1.58. The predicted molar refractivity (Wildman–Crippen MR) is 69.0 cm³/mol. The van der Waals surface area contributed by atoms with Gasteiger partial charge in [-0.15, -0.1) is 0 Å². The molecule has 0 spiro atoms. The van der Waals surface area contributed by atoms with Crippen LogP contribution in [0.25, 0.3) is 0 Å². The molecule has 0 unspecified atom stereocenters. The number of halogens is 1. The quantitative estimate of drug-likeness (QED) is 0.896. The van der Waals surface area contributed by atoms with Crippen LogP contribution in [0.1, 0.15) is 33.3 Å². The van der Waals surface area contributed by atoms with Crippen molar-refractivity contribution < 1.29 is 13.9 Å². The largest absolute Gasteiger partial charge is 0.493 e. The molecule has 0 heterocycles. The third-order valence-electron chi connectivity index (χ3n) is 2.80. The van der Waals surface area contributed by atoms with E-state index in [4.69, 9.17) is 4.74 Å². The highest BCUT2D eigenvalue weighted by Crippen LogP contribution is 2.31. The van der Waals surface area contributed by atoms with Crippen LogP contribution < -0.4 is 10.1 Å². The van der Waals surface area contributed by atoms with E-state index in [-0.39, 0.29) is 17.6 Å². The summed E-state index contributed by atoms with van der Waals surface area (Å²) in [5.74, 6) is -0.455. The third-order valence-corrected chi connectivity index (χ3v) is 2.80. The van der Waals surface area contributed by atoms with E-state index in [2.05, 4.69) is 5.32 Å². The first-order chi connectivity index (χ1) is 8.29. The zero-order chi connectivity index (χ0) is 13.9. The van der Waals surface area contributed by atoms with Crippen LogP contribution in [-0.2, 0) is 10.3 Å². The molecule has 0 atom stereocenters. The van der Waals surface area contributed by atoms with Gasteiger partial charge in [-0.3, -0.25) is 4.79 Å². The van der Waals surface area contributed by atoms with Gasteiger partial charge in [0.25, 0.3) is 0 Å². The second kappa shape index (κ2) is 5.38. The van der Waals surface area contributed by atoms with Crippen molar-refractivity contribution in [2.75, 3.05) is 7.11 Å². The number of para-hydroxylation sites is 1. The lowest BCUT2D eigenvalue weighted by Gasteiger charge is -2.29. The molecular weight excluding hydrogens is 233 g/mol. The molecule has 0 aromatic heterocycles. The van der Waals surface area contributed by atoms with Crippen molar-refractivity contribution in [1.82, 2.24) is 5.32 Å². The van der Waals surface area contributed by atoms with Crippen molar-refractivity contribution in [2.45, 2.75) is 33.2 Å². The molecule has 3 nitrogen and oxygen atoms in total. The topological polar surface area (TPSA) is 38.3 Å². The van der Waals surface area contributed by atoms with E-state index < -0.39 is 11.4 Å². The fourth-order valence-corrected chi connectivity index (χ4v) is 1.73. The predicted octanol–water partition coefficient (Wildman–Crippen LogP) is 2.84. The molecule has 1 amide bonds. The van der Waals surface area contributed by atoms with Crippen molar-refractivity contribution in [3.8, 4) is 5.75 Å². The second-order valence-corrected chi connectivity index (χ2v) is 5.09. The summed E-state index contributed by atoms with van der Waals surface area (Å²) in [6, 6.07) is 4.70. The molecule has 0 aliphatic rings. The Balaban J connectivity index is 3.12. The molecule has 0 radical (unpaired) electrons. The lowest BCUT2D eigenvalue weighted by molar-refractivity contribution is -0.125. The fourth-order valence-electron chi connectivity index (χ4n) is 1.73. The number of methoxy groups -OCH3 is 1. The average molecular weight is 253 g/mol. The summed E-state index contributed by atoms with van der Waals surface area (Å²) in [5.41, 5.74) is -0.0616. The lowest BCUT2D eigenvalue weighted by atomic mass is 9.92. The Bertz CT molecular complexity index is 441. The summed E-state index contributed by atoms with van der Waals surface area (Å²) in [5, 5.41) is 2.89. The van der Waals surface area contributed by atoms with E-state index in [1.165, 1.54) is 13.2 Å². The second-order valence-electron chi connectivity index (χ2n) is 5.09. The smallest absolute Gasteiger partial charge is 0.223 e. The van der Waals surface area contributed by atoms with Crippen molar-refractivity contribution in [2.24, 2.45) is 5.92 Å². The van der Waals surface area contributed by atoms with Crippen molar-refractivity contribution >= 4 is 5.91 Å². The maximum Gasteiger partial charge on any atom is 0.223 e. The minimum Gasteiger partial charge on any atom is -0.493 e. The van der Waals surface area contributed by atoms with Crippen LogP contribution >= 0.6 is 0 Å². The summed E-state index contributed by atoms with van der Waals surface area (Å²) in [6.07, 6.45) is 0. The molecule has 1 aromatic rings. The zero-order valence-corrected chi connectivity index (χ0v) is 11.5. The highest BCUT2D eigenvalue weighted by atomic mass is 19.1. The first-order valence-corrected chi connectivity index (χ1v) is 5.94. The van der Waals surface area contributed by atoms with Gasteiger partial charge in [-0.1, -0.05) is 26.0 Å². The maximum atomic E-state index is 13.6. The number of rotatable bonds is 4. The lowest BCUT2D eigenvalue weighted by Crippen LogP contribution is -2.43. The minimum atomic E-state index is -0.686. The third kappa shape index (κ3) is 3.00. The Morgan fingerprint density at radius 2 is 2.00 bits per heavy atom. The Kier molecular flexibility index (Phi) is 4.33. The van der Waals surface area contributed by atoms with Gasteiger partial charge in [-0.05, 0) is 19.9 Å². The average Bonchev–Trinajstić information content (AvgIpc) is 2.27. The summed E-state index contributed by atoms with van der Waals surface area (Å²) < 4.78 is 18.7. The van der Waals surface area contributed by atoms with E-state index in [0.717, 1.165) is 0 Å². The van der Waals surface area contributed by atoms with E-state index >= 15 is 0 Å². The monoisotopic (exact) mass is 253 g/mol. The molecular formula is C14H20FNO2. The number of hydrogen-bond donors (Lipinski definition) is 1. The number of ether oxygens (including phenoxy) is 1. The molecule has 100 valence electrons. The van der Waals surface area contributed by atoms with Gasteiger partial charge >= 0.3 is 0 Å². The molecule has 0 fully saturated rings. The Morgan fingerprint density at radius 3 is 2.50 bits per heavy atom. The van der Waals surface area contributed by atoms with Crippen molar-refractivity contribution in [3.05, 3.63) is 29.6 Å². The zero-order valence-electron chi connectivity index (χ0n) is 11.5. The highest BCUT2D eigenvalue weighted by Gasteiger charge is 2.28. The maximum absolute atomic E-state index is 13.6. The van der Waals surface area contributed by atoms with Gasteiger partial charge < -0.3 is 10.1 Å². The van der Waals surface area contributed by atoms with Crippen LogP contribution in [0.2, 0.25) is 0 Å². The van der Waals surface area contributed by atoms with Crippen molar-refractivity contribution in [1.29, 1.82) is 0 Å². The van der Waals surface area contributed by atoms with Gasteiger partial charge in [0.1, 0.15) is 0 Å². The van der Waals surface area contributed by atoms with Gasteiger partial charge in [-0.25, -0.2) is 4.39 Å². The van der Waals surface area contributed by atoms with Crippen LogP contribution in [-0.4, -0.2) is 13.0 Å². The molecule has 1 rings (SSSR count). The Morgan fingerprint density at radius 1 is 1.39 bits per heavy atom. The number of amides is 1. The molecule has 0 aliphatic carbocycles. The molecule has 1 N–H and O–H groups in total. The number of hydrogen-bond acceptors (Lipinski definition) is 2. The minimum absolute atomic E-state index is 0.0775. The first kappa shape index (κ1) is 14.5. The van der Waals surface area contributed by atoms with Crippen LogP contribution in [0, 0.1) is 11.7 Å². The first-order valence-electron chi connectivity index (χ1n) is 5.94. The molecule has 0 saturated heterocycles. The van der Waals surface area contributed by atoms with Crippen LogP contribution in [0.15, 0.2) is 18.2 Å². The van der Waals surface area contributed by atoms with Crippen LogP contribution in [0.4, 0.5) is 4.39 Å². The van der Waals surface area contributed by atoms with E-state index in [1.807, 2.05) is 27.7 Å². The summed E-state index contributed by atoms with van der Waals surface area (Å²) in [7, 11) is 1.42. The van der Waals surface area contributed by atoms with E-state index in [9.17, 15) is 9.18 Å². The number of carbonyl (C=O) groups is 1. The van der Waals surface area contributed by atoms with E-state index in [1.54, 1.807) is 12.1 Å².